The van der Waals surface area contributed by atoms with Gasteiger partial charge in [-0.1, -0.05) is 17.3 Å². The Morgan fingerprint density at radius 1 is 1.07 bits per heavy atom. The van der Waals surface area contributed by atoms with Crippen LogP contribution in [0.15, 0.2) is 53.2 Å². The van der Waals surface area contributed by atoms with Crippen LogP contribution in [0.5, 0.6) is 0 Å². The number of anilines is 1. The zero-order chi connectivity index (χ0) is 21.3. The van der Waals surface area contributed by atoms with Crippen molar-refractivity contribution in [2.45, 2.75) is 13.1 Å². The van der Waals surface area contributed by atoms with Crippen molar-refractivity contribution in [3.05, 3.63) is 65.5 Å². The standard InChI is InChI=1S/C21H19F3N4O2/c1-14-18(19(26-30-14)17-7-2-3-8-25-17)20(29)28-11-9-27(10-12-28)16-6-4-5-15(13-16)21(22,23)24/h2-8,13H,9-12H2,1H3. The monoisotopic (exact) mass is 416 g/mol. The van der Waals surface area contributed by atoms with Crippen LogP contribution in [0.2, 0.25) is 0 Å². The molecule has 2 aromatic heterocycles. The number of carbonyl (C=O) groups is 1. The Hall–Kier alpha value is -3.36. The van der Waals surface area contributed by atoms with E-state index in [4.69, 9.17) is 4.52 Å². The maximum Gasteiger partial charge on any atom is 0.416 e. The highest BCUT2D eigenvalue weighted by molar-refractivity contribution is 6.00. The molecule has 0 radical (unpaired) electrons. The molecular formula is C21H19F3N4O2. The number of amides is 1. The fourth-order valence-corrected chi connectivity index (χ4v) is 3.51. The second-order valence-electron chi connectivity index (χ2n) is 7.00. The lowest BCUT2D eigenvalue weighted by molar-refractivity contribution is -0.137. The van der Waals surface area contributed by atoms with E-state index in [1.165, 1.54) is 6.07 Å². The van der Waals surface area contributed by atoms with Gasteiger partial charge in [-0.2, -0.15) is 13.2 Å². The van der Waals surface area contributed by atoms with Crippen LogP contribution in [0.3, 0.4) is 0 Å². The molecule has 0 N–H and O–H groups in total. The van der Waals surface area contributed by atoms with Crippen molar-refractivity contribution >= 4 is 11.6 Å². The summed E-state index contributed by atoms with van der Waals surface area (Å²) in [5.41, 5.74) is 1.10. The van der Waals surface area contributed by atoms with Crippen LogP contribution in [-0.4, -0.2) is 47.1 Å². The predicted octanol–water partition coefficient (Wildman–Crippen LogP) is 4.03. The Bertz CT molecular complexity index is 1040. The number of benzene rings is 1. The summed E-state index contributed by atoms with van der Waals surface area (Å²) in [4.78, 5) is 20.9. The fraction of sp³-hybridized carbons (Fsp3) is 0.286. The Kier molecular flexibility index (Phi) is 5.19. The number of nitrogens with zero attached hydrogens (tertiary/aromatic N) is 4. The Morgan fingerprint density at radius 3 is 2.50 bits per heavy atom. The molecular weight excluding hydrogens is 397 g/mol. The summed E-state index contributed by atoms with van der Waals surface area (Å²) < 4.78 is 44.2. The lowest BCUT2D eigenvalue weighted by Gasteiger charge is -2.36. The topological polar surface area (TPSA) is 62.5 Å². The number of halogens is 3. The van der Waals surface area contributed by atoms with Crippen molar-refractivity contribution in [1.29, 1.82) is 0 Å². The molecule has 1 aliphatic rings. The van der Waals surface area contributed by atoms with Crippen molar-refractivity contribution in [2.24, 2.45) is 0 Å². The number of pyridine rings is 1. The molecule has 1 fully saturated rings. The van der Waals surface area contributed by atoms with E-state index in [9.17, 15) is 18.0 Å². The molecule has 1 amide bonds. The SMILES string of the molecule is Cc1onc(-c2ccccn2)c1C(=O)N1CCN(c2cccc(C(F)(F)F)c2)CC1. The van der Waals surface area contributed by atoms with Gasteiger partial charge in [0, 0.05) is 38.1 Å². The first-order valence-corrected chi connectivity index (χ1v) is 9.44. The van der Waals surface area contributed by atoms with Crippen molar-refractivity contribution < 1.29 is 22.5 Å². The molecule has 1 aliphatic heterocycles. The van der Waals surface area contributed by atoms with Crippen LogP contribution >= 0.6 is 0 Å². The van der Waals surface area contributed by atoms with Gasteiger partial charge in [0.1, 0.15) is 17.0 Å². The predicted molar refractivity (Wildman–Crippen MR) is 104 cm³/mol. The van der Waals surface area contributed by atoms with Gasteiger partial charge in [-0.3, -0.25) is 9.78 Å². The van der Waals surface area contributed by atoms with Crippen molar-refractivity contribution in [3.63, 3.8) is 0 Å². The molecule has 0 spiro atoms. The van der Waals surface area contributed by atoms with E-state index >= 15 is 0 Å². The van der Waals surface area contributed by atoms with E-state index in [0.29, 0.717) is 54.6 Å². The van der Waals surface area contributed by atoms with Gasteiger partial charge < -0.3 is 14.3 Å². The largest absolute Gasteiger partial charge is 0.416 e. The minimum Gasteiger partial charge on any atom is -0.368 e. The van der Waals surface area contributed by atoms with Crippen LogP contribution in [0.1, 0.15) is 21.7 Å². The quantitative estimate of drug-likeness (QED) is 0.645. The molecule has 0 atom stereocenters. The number of alkyl halides is 3. The van der Waals surface area contributed by atoms with Crippen LogP contribution in [0.4, 0.5) is 18.9 Å². The van der Waals surface area contributed by atoms with Crippen molar-refractivity contribution in [3.8, 4) is 11.4 Å². The maximum absolute atomic E-state index is 13.1. The molecule has 3 heterocycles. The highest BCUT2D eigenvalue weighted by Gasteiger charge is 2.32. The Morgan fingerprint density at radius 2 is 1.83 bits per heavy atom. The minimum atomic E-state index is -4.39. The minimum absolute atomic E-state index is 0.224. The normalized spacial score (nSPS) is 14.8. The molecule has 156 valence electrons. The third kappa shape index (κ3) is 3.87. The Balaban J connectivity index is 1.49. The molecule has 30 heavy (non-hydrogen) atoms. The average molecular weight is 416 g/mol. The third-order valence-electron chi connectivity index (χ3n) is 5.09. The lowest BCUT2D eigenvalue weighted by Crippen LogP contribution is -2.49. The number of aryl methyl sites for hydroxylation is 1. The number of rotatable bonds is 3. The molecule has 3 aromatic rings. The number of hydrogen-bond donors (Lipinski definition) is 0. The first-order valence-electron chi connectivity index (χ1n) is 9.44. The smallest absolute Gasteiger partial charge is 0.368 e. The van der Waals surface area contributed by atoms with Crippen LogP contribution in [-0.2, 0) is 6.18 Å². The summed E-state index contributed by atoms with van der Waals surface area (Å²) >= 11 is 0. The summed E-state index contributed by atoms with van der Waals surface area (Å²) in [6.45, 7) is 3.28. The molecule has 4 rings (SSSR count). The van der Waals surface area contributed by atoms with Gasteiger partial charge in [0.25, 0.3) is 5.91 Å². The number of hydrogen-bond acceptors (Lipinski definition) is 5. The second-order valence-corrected chi connectivity index (χ2v) is 7.00. The molecule has 6 nitrogen and oxygen atoms in total. The van der Waals surface area contributed by atoms with Gasteiger partial charge in [-0.15, -0.1) is 0 Å². The molecule has 1 saturated heterocycles. The average Bonchev–Trinajstić information content (AvgIpc) is 3.15. The van der Waals surface area contributed by atoms with Crippen LogP contribution in [0.25, 0.3) is 11.4 Å². The first-order chi connectivity index (χ1) is 14.3. The molecule has 9 heteroatoms. The summed E-state index contributed by atoms with van der Waals surface area (Å²) in [6.07, 6.45) is -2.77. The van der Waals surface area contributed by atoms with Crippen LogP contribution in [0, 0.1) is 6.92 Å². The molecule has 1 aromatic carbocycles. The summed E-state index contributed by atoms with van der Waals surface area (Å²) in [5.74, 6) is 0.180. The zero-order valence-corrected chi connectivity index (χ0v) is 16.2. The van der Waals surface area contributed by atoms with Gasteiger partial charge in [-0.25, -0.2) is 0 Å². The summed E-state index contributed by atoms with van der Waals surface area (Å²) in [6, 6.07) is 10.6. The highest BCUT2D eigenvalue weighted by Crippen LogP contribution is 2.32. The second kappa shape index (κ2) is 7.81. The third-order valence-corrected chi connectivity index (χ3v) is 5.09. The highest BCUT2D eigenvalue weighted by atomic mass is 19.4. The Labute approximate surface area is 170 Å². The molecule has 0 aliphatic carbocycles. The molecule has 0 saturated carbocycles. The van der Waals surface area contributed by atoms with Gasteiger partial charge in [0.2, 0.25) is 0 Å². The number of piperazine rings is 1. The lowest BCUT2D eigenvalue weighted by atomic mass is 10.1. The molecule has 0 bridgehead atoms. The number of carbonyl (C=O) groups excluding carboxylic acids is 1. The summed E-state index contributed by atoms with van der Waals surface area (Å²) in [7, 11) is 0. The van der Waals surface area contributed by atoms with E-state index < -0.39 is 11.7 Å². The molecule has 0 unspecified atom stereocenters. The van der Waals surface area contributed by atoms with E-state index in [1.54, 1.807) is 42.3 Å². The van der Waals surface area contributed by atoms with Gasteiger partial charge in [0.15, 0.2) is 0 Å². The fourth-order valence-electron chi connectivity index (χ4n) is 3.51. The van der Waals surface area contributed by atoms with Gasteiger partial charge in [-0.05, 0) is 37.3 Å². The van der Waals surface area contributed by atoms with E-state index in [2.05, 4.69) is 10.1 Å². The first kappa shape index (κ1) is 19.9. The van der Waals surface area contributed by atoms with E-state index in [1.807, 2.05) is 4.90 Å². The van der Waals surface area contributed by atoms with Crippen LogP contribution < -0.4 is 4.90 Å². The van der Waals surface area contributed by atoms with Crippen molar-refractivity contribution in [1.82, 2.24) is 15.0 Å². The zero-order valence-electron chi connectivity index (χ0n) is 16.2. The summed E-state index contributed by atoms with van der Waals surface area (Å²) in [5, 5.41) is 4.00. The van der Waals surface area contributed by atoms with E-state index in [0.717, 1.165) is 12.1 Å². The van der Waals surface area contributed by atoms with E-state index in [-0.39, 0.29) is 5.91 Å². The van der Waals surface area contributed by atoms with Gasteiger partial charge in [0.05, 0.1) is 11.3 Å². The number of aromatic nitrogens is 2. The van der Waals surface area contributed by atoms with Crippen molar-refractivity contribution in [2.75, 3.05) is 31.1 Å². The maximum atomic E-state index is 13.1. The van der Waals surface area contributed by atoms with Gasteiger partial charge >= 0.3 is 6.18 Å².